The normalized spacial score (nSPS) is 21.2. The van der Waals surface area contributed by atoms with Gasteiger partial charge in [0, 0.05) is 17.7 Å². The minimum Gasteiger partial charge on any atom is -0.454 e. The van der Waals surface area contributed by atoms with E-state index in [1.807, 2.05) is 42.5 Å². The molecule has 3 aliphatic rings. The van der Waals surface area contributed by atoms with Crippen molar-refractivity contribution in [1.29, 1.82) is 0 Å². The number of fused-ring (bicyclic) bond motifs is 2. The van der Waals surface area contributed by atoms with Crippen LogP contribution in [0, 0.1) is 5.82 Å². The number of Topliss-reactive ketones (excluding diaryl/α,β-unsaturated/α-hetero) is 1. The number of allylic oxidation sites excluding steroid dienone is 1. The predicted molar refractivity (Wildman–Crippen MR) is 119 cm³/mol. The Balaban J connectivity index is 1.45. The Morgan fingerprint density at radius 1 is 0.844 bits per heavy atom. The molecule has 0 spiro atoms. The summed E-state index contributed by atoms with van der Waals surface area (Å²) in [6, 6.07) is 19.9. The summed E-state index contributed by atoms with van der Waals surface area (Å²) in [6.07, 6.45) is 1.05. The Kier molecular flexibility index (Phi) is 4.38. The maximum absolute atomic E-state index is 13.5. The molecule has 0 saturated heterocycles. The van der Waals surface area contributed by atoms with E-state index in [4.69, 9.17) is 9.47 Å². The fraction of sp³-hybridized carbons (Fsp3) is 0.192. The second-order valence-electron chi connectivity index (χ2n) is 8.33. The molecular formula is C26H21FN2O3. The third-order valence-electron chi connectivity index (χ3n) is 6.38. The quantitative estimate of drug-likeness (QED) is 0.562. The van der Waals surface area contributed by atoms with Crippen LogP contribution >= 0.6 is 0 Å². The molecule has 160 valence electrons. The van der Waals surface area contributed by atoms with Crippen LogP contribution in [0.4, 0.5) is 15.8 Å². The highest BCUT2D eigenvalue weighted by molar-refractivity contribution is 6.01. The molecule has 0 aromatic heterocycles. The zero-order valence-electron chi connectivity index (χ0n) is 17.2. The fourth-order valence-corrected chi connectivity index (χ4v) is 4.81. The molecule has 0 radical (unpaired) electrons. The second kappa shape index (κ2) is 7.41. The largest absolute Gasteiger partial charge is 0.454 e. The van der Waals surface area contributed by atoms with Gasteiger partial charge in [-0.1, -0.05) is 30.3 Å². The van der Waals surface area contributed by atoms with Gasteiger partial charge in [0.15, 0.2) is 17.3 Å². The number of hydrogen-bond acceptors (Lipinski definition) is 5. The summed E-state index contributed by atoms with van der Waals surface area (Å²) in [4.78, 5) is 13.5. The first-order valence-corrected chi connectivity index (χ1v) is 10.7. The van der Waals surface area contributed by atoms with E-state index >= 15 is 0 Å². The number of benzene rings is 3. The summed E-state index contributed by atoms with van der Waals surface area (Å²) in [5.74, 6) is 1.20. The lowest BCUT2D eigenvalue weighted by Gasteiger charge is -2.30. The van der Waals surface area contributed by atoms with Gasteiger partial charge in [0.05, 0.1) is 17.4 Å². The molecule has 6 rings (SSSR count). The molecule has 5 nitrogen and oxygen atoms in total. The zero-order valence-corrected chi connectivity index (χ0v) is 17.2. The Hall–Kier alpha value is -3.80. The van der Waals surface area contributed by atoms with Crippen molar-refractivity contribution in [2.45, 2.75) is 24.8 Å². The van der Waals surface area contributed by atoms with Gasteiger partial charge in [0.2, 0.25) is 6.79 Å². The smallest absolute Gasteiger partial charge is 0.231 e. The molecule has 0 unspecified atom stereocenters. The number of anilines is 2. The minimum atomic E-state index is -0.322. The average Bonchev–Trinajstić information content (AvgIpc) is 3.20. The summed E-state index contributed by atoms with van der Waals surface area (Å²) in [7, 11) is 0. The lowest BCUT2D eigenvalue weighted by atomic mass is 9.78. The maximum Gasteiger partial charge on any atom is 0.231 e. The Bertz CT molecular complexity index is 1250. The predicted octanol–water partition coefficient (Wildman–Crippen LogP) is 5.53. The number of nitrogens with one attached hydrogen (secondary N) is 2. The molecule has 0 bridgehead atoms. The first kappa shape index (κ1) is 18.9. The third kappa shape index (κ3) is 3.19. The number of ether oxygens (including phenoxy) is 2. The van der Waals surface area contributed by atoms with Gasteiger partial charge in [-0.05, 0) is 59.9 Å². The van der Waals surface area contributed by atoms with Gasteiger partial charge in [-0.15, -0.1) is 0 Å². The summed E-state index contributed by atoms with van der Waals surface area (Å²) < 4.78 is 24.5. The number of carbonyl (C=O) groups is 1. The van der Waals surface area contributed by atoms with E-state index in [1.54, 1.807) is 12.1 Å². The van der Waals surface area contributed by atoms with Crippen molar-refractivity contribution >= 4 is 17.2 Å². The molecule has 2 N–H and O–H groups in total. The van der Waals surface area contributed by atoms with Crippen molar-refractivity contribution in [2.75, 3.05) is 17.4 Å². The summed E-state index contributed by atoms with van der Waals surface area (Å²) >= 11 is 0. The van der Waals surface area contributed by atoms with E-state index in [0.29, 0.717) is 24.3 Å². The van der Waals surface area contributed by atoms with Crippen LogP contribution in [0.5, 0.6) is 11.5 Å². The standard InChI is InChI=1S/C26H21FN2O3/c27-18-8-5-15(6-9-18)17-11-21-25(22(30)12-17)26(29-20-4-2-1-3-19(20)28-21)16-7-10-23-24(13-16)32-14-31-23/h1-10,13,17,26,28-29H,11-12,14H2/t17-,26-/m0/s1. The minimum absolute atomic E-state index is 0.00276. The molecule has 2 atom stereocenters. The summed E-state index contributed by atoms with van der Waals surface area (Å²) in [5, 5.41) is 7.09. The lowest BCUT2D eigenvalue weighted by Crippen LogP contribution is -2.26. The van der Waals surface area contributed by atoms with Crippen LogP contribution < -0.4 is 20.1 Å². The van der Waals surface area contributed by atoms with E-state index in [-0.39, 0.29) is 30.4 Å². The van der Waals surface area contributed by atoms with Crippen molar-refractivity contribution < 1.29 is 18.7 Å². The number of rotatable bonds is 2. The van der Waals surface area contributed by atoms with Gasteiger partial charge >= 0.3 is 0 Å². The molecule has 0 saturated carbocycles. The Morgan fingerprint density at radius 2 is 1.59 bits per heavy atom. The van der Waals surface area contributed by atoms with Gasteiger partial charge in [0.1, 0.15) is 5.82 Å². The highest BCUT2D eigenvalue weighted by Gasteiger charge is 2.36. The molecule has 1 aliphatic carbocycles. The first-order valence-electron chi connectivity index (χ1n) is 10.7. The first-order chi connectivity index (χ1) is 15.7. The molecule has 3 aromatic rings. The monoisotopic (exact) mass is 428 g/mol. The number of hydrogen-bond donors (Lipinski definition) is 2. The number of para-hydroxylation sites is 2. The number of ketones is 1. The molecule has 3 aromatic carbocycles. The van der Waals surface area contributed by atoms with E-state index in [2.05, 4.69) is 10.6 Å². The van der Waals surface area contributed by atoms with Crippen LogP contribution in [0.15, 0.2) is 78.0 Å². The van der Waals surface area contributed by atoms with Gasteiger partial charge < -0.3 is 20.1 Å². The van der Waals surface area contributed by atoms with Gasteiger partial charge in [0.25, 0.3) is 0 Å². The highest BCUT2D eigenvalue weighted by Crippen LogP contribution is 2.45. The number of carbonyl (C=O) groups excluding carboxylic acids is 1. The van der Waals surface area contributed by atoms with Crippen LogP contribution in [0.2, 0.25) is 0 Å². The van der Waals surface area contributed by atoms with Crippen LogP contribution in [0.25, 0.3) is 0 Å². The molecule has 2 aliphatic heterocycles. The van der Waals surface area contributed by atoms with Crippen LogP contribution in [-0.4, -0.2) is 12.6 Å². The topological polar surface area (TPSA) is 59.6 Å². The van der Waals surface area contributed by atoms with Crippen LogP contribution in [0.1, 0.15) is 35.9 Å². The van der Waals surface area contributed by atoms with Crippen molar-refractivity contribution in [2.24, 2.45) is 0 Å². The molecule has 0 amide bonds. The molecule has 0 fully saturated rings. The SMILES string of the molecule is O=C1C[C@@H](c2ccc(F)cc2)CC2=C1[C@H](c1ccc3c(c1)OCO3)Nc1ccccc1N2. The molecular weight excluding hydrogens is 407 g/mol. The second-order valence-corrected chi connectivity index (χ2v) is 8.33. The van der Waals surface area contributed by atoms with Crippen LogP contribution in [-0.2, 0) is 4.79 Å². The zero-order chi connectivity index (χ0) is 21.7. The molecule has 2 heterocycles. The number of halogens is 1. The lowest BCUT2D eigenvalue weighted by molar-refractivity contribution is -0.116. The van der Waals surface area contributed by atoms with E-state index in [1.165, 1.54) is 12.1 Å². The van der Waals surface area contributed by atoms with E-state index in [9.17, 15) is 9.18 Å². The Labute approximate surface area is 184 Å². The van der Waals surface area contributed by atoms with Gasteiger partial charge in [-0.2, -0.15) is 0 Å². The average molecular weight is 428 g/mol. The van der Waals surface area contributed by atoms with E-state index < -0.39 is 0 Å². The van der Waals surface area contributed by atoms with Gasteiger partial charge in [-0.3, -0.25) is 4.79 Å². The summed E-state index contributed by atoms with van der Waals surface area (Å²) in [5.41, 5.74) is 5.40. The van der Waals surface area contributed by atoms with E-state index in [0.717, 1.165) is 33.8 Å². The highest BCUT2D eigenvalue weighted by atomic mass is 19.1. The van der Waals surface area contributed by atoms with Crippen molar-refractivity contribution in [3.8, 4) is 11.5 Å². The van der Waals surface area contributed by atoms with Crippen molar-refractivity contribution in [3.63, 3.8) is 0 Å². The van der Waals surface area contributed by atoms with Crippen molar-refractivity contribution in [3.05, 3.63) is 94.9 Å². The Morgan fingerprint density at radius 3 is 2.44 bits per heavy atom. The molecule has 6 heteroatoms. The van der Waals surface area contributed by atoms with Gasteiger partial charge in [-0.25, -0.2) is 4.39 Å². The summed E-state index contributed by atoms with van der Waals surface area (Å²) in [6.45, 7) is 0.202. The maximum atomic E-state index is 13.5. The fourth-order valence-electron chi connectivity index (χ4n) is 4.81. The van der Waals surface area contributed by atoms with Crippen LogP contribution in [0.3, 0.4) is 0 Å². The third-order valence-corrected chi connectivity index (χ3v) is 6.38. The molecule has 32 heavy (non-hydrogen) atoms. The van der Waals surface area contributed by atoms with Crippen molar-refractivity contribution in [1.82, 2.24) is 0 Å².